The average molecular weight is 615 g/mol. The zero-order chi connectivity index (χ0) is 31.6. The van der Waals surface area contributed by atoms with Crippen molar-refractivity contribution in [3.05, 3.63) is 83.8 Å². The highest BCUT2D eigenvalue weighted by molar-refractivity contribution is 7.99. The van der Waals surface area contributed by atoms with Gasteiger partial charge in [-0.25, -0.2) is 0 Å². The van der Waals surface area contributed by atoms with Gasteiger partial charge in [0.2, 0.25) is 0 Å². The number of rotatable bonds is 17. The lowest BCUT2D eigenvalue weighted by Crippen LogP contribution is -2.50. The molecular formula is C37H50N4O2S. The molecule has 0 aliphatic carbocycles. The molecule has 7 heteroatoms. The number of aromatic amines is 1. The Bertz CT molecular complexity index is 1400. The maximum absolute atomic E-state index is 11.3. The summed E-state index contributed by atoms with van der Waals surface area (Å²) in [4.78, 5) is 17.1. The number of hydrogen-bond acceptors (Lipinski definition) is 5. The van der Waals surface area contributed by atoms with Gasteiger partial charge in [0.1, 0.15) is 0 Å². The van der Waals surface area contributed by atoms with E-state index in [1.54, 1.807) is 24.4 Å². The molecule has 2 heterocycles. The van der Waals surface area contributed by atoms with Gasteiger partial charge in [0.15, 0.2) is 0 Å². The lowest BCUT2D eigenvalue weighted by atomic mass is 10.1. The maximum Gasteiger partial charge on any atom is 0.0928 e. The number of carboxylic acids is 1. The van der Waals surface area contributed by atoms with Crippen LogP contribution >= 0.6 is 11.8 Å². The molecule has 0 fully saturated rings. The number of quaternary nitrogens is 1. The maximum atomic E-state index is 11.3. The average Bonchev–Trinajstić information content (AvgIpc) is 3.46. The molecule has 0 radical (unpaired) electrons. The van der Waals surface area contributed by atoms with Crippen molar-refractivity contribution in [2.75, 3.05) is 26.2 Å². The van der Waals surface area contributed by atoms with E-state index in [1.807, 2.05) is 54.6 Å². The first-order chi connectivity index (χ1) is 21.4. The van der Waals surface area contributed by atoms with E-state index in [9.17, 15) is 9.90 Å². The number of nitrogens with zero attached hydrogens (tertiary/aromatic N) is 3. The first-order valence-corrected chi connectivity index (χ1v) is 17.2. The van der Waals surface area contributed by atoms with Gasteiger partial charge in [-0.1, -0.05) is 89.4 Å². The van der Waals surface area contributed by atoms with E-state index >= 15 is 0 Å². The first-order valence-electron chi connectivity index (χ1n) is 16.4. The van der Waals surface area contributed by atoms with Crippen molar-refractivity contribution in [1.29, 1.82) is 0 Å². The quantitative estimate of drug-likeness (QED) is 0.120. The molecule has 2 aromatic carbocycles. The van der Waals surface area contributed by atoms with E-state index in [2.05, 4.69) is 42.9 Å². The predicted octanol–water partition coefficient (Wildman–Crippen LogP) is 8.65. The molecule has 1 N–H and O–H groups in total. The summed E-state index contributed by atoms with van der Waals surface area (Å²) in [6.45, 7) is 15.0. The predicted molar refractivity (Wildman–Crippen MR) is 184 cm³/mol. The highest BCUT2D eigenvalue weighted by Crippen LogP contribution is 2.32. The van der Waals surface area contributed by atoms with Gasteiger partial charge in [-0.2, -0.15) is 5.10 Å². The van der Waals surface area contributed by atoms with Crippen LogP contribution in [0.1, 0.15) is 101 Å². The Kier molecular flexibility index (Phi) is 15.2. The standard InChI is InChI=1S/C21H15N3O2S.C16H36N/c25-21(26)17-6-1-2-7-20(17)27-15-9-10-16-18(23-24-19(16)13-15)11-8-14-5-3-4-12-22-14;1-5-9-13-17(14-10-6-2,15-11-7-3)16-12-8-4/h1-13H,(H,23,24)(H,25,26);5-16H2,1-4H3/q;+1/p-1/b11-8+;. The monoisotopic (exact) mass is 614 g/mol. The van der Waals surface area contributed by atoms with E-state index in [4.69, 9.17) is 0 Å². The van der Waals surface area contributed by atoms with Crippen LogP contribution in [0.15, 0.2) is 76.7 Å². The number of benzene rings is 2. The molecule has 0 bridgehead atoms. The number of carbonyl (C=O) groups excluding carboxylic acids is 1. The third-order valence-corrected chi connectivity index (χ3v) is 9.01. The van der Waals surface area contributed by atoms with Crippen LogP contribution in [0.4, 0.5) is 0 Å². The Hall–Kier alpha value is -3.42. The number of nitrogens with one attached hydrogen (secondary N) is 1. The van der Waals surface area contributed by atoms with Crippen LogP contribution in [-0.4, -0.2) is 51.8 Å². The molecule has 44 heavy (non-hydrogen) atoms. The fraction of sp³-hybridized carbons (Fsp3) is 0.432. The third-order valence-electron chi connectivity index (χ3n) is 7.94. The number of fused-ring (bicyclic) bond motifs is 1. The molecule has 0 saturated heterocycles. The van der Waals surface area contributed by atoms with Gasteiger partial charge in [0.05, 0.1) is 49.1 Å². The van der Waals surface area contributed by atoms with Crippen LogP contribution in [0.25, 0.3) is 23.1 Å². The van der Waals surface area contributed by atoms with Gasteiger partial charge in [0.25, 0.3) is 0 Å². The Morgan fingerprint density at radius 1 is 0.818 bits per heavy atom. The van der Waals surface area contributed by atoms with Crippen LogP contribution < -0.4 is 5.11 Å². The summed E-state index contributed by atoms with van der Waals surface area (Å²) >= 11 is 1.38. The largest absolute Gasteiger partial charge is 0.545 e. The Labute approximate surface area is 268 Å². The summed E-state index contributed by atoms with van der Waals surface area (Å²) in [5, 5.41) is 19.6. The molecular weight excluding hydrogens is 565 g/mol. The number of aromatic nitrogens is 3. The summed E-state index contributed by atoms with van der Waals surface area (Å²) in [6.07, 6.45) is 16.6. The number of pyridine rings is 1. The molecule has 4 aromatic rings. The Morgan fingerprint density at radius 3 is 2.00 bits per heavy atom. The second-order valence-corrected chi connectivity index (χ2v) is 12.6. The van der Waals surface area contributed by atoms with Crippen molar-refractivity contribution in [1.82, 2.24) is 15.2 Å². The zero-order valence-corrected chi connectivity index (χ0v) is 27.9. The number of hydrogen-bond donors (Lipinski definition) is 1. The van der Waals surface area contributed by atoms with Gasteiger partial charge in [-0.05, 0) is 74.2 Å². The zero-order valence-electron chi connectivity index (χ0n) is 27.1. The second-order valence-electron chi connectivity index (χ2n) is 11.4. The van der Waals surface area contributed by atoms with Crippen molar-refractivity contribution >= 4 is 40.8 Å². The van der Waals surface area contributed by atoms with Gasteiger partial charge in [-0.15, -0.1) is 0 Å². The SMILES string of the molecule is CCCC[N+](CCCC)(CCCC)CCCC.O=C([O-])c1ccccc1Sc1ccc2c(/C=C/c3ccccn3)n[nH]c2c1. The van der Waals surface area contributed by atoms with Crippen molar-refractivity contribution in [2.24, 2.45) is 0 Å². The van der Waals surface area contributed by atoms with E-state index in [0.29, 0.717) is 4.90 Å². The molecule has 0 saturated carbocycles. The molecule has 0 amide bonds. The fourth-order valence-corrected chi connectivity index (χ4v) is 6.32. The number of carboxylic acid groups (broad SMARTS) is 1. The van der Waals surface area contributed by atoms with E-state index in [1.165, 1.54) is 93.8 Å². The molecule has 0 aliphatic rings. The van der Waals surface area contributed by atoms with Gasteiger partial charge in [-0.3, -0.25) is 10.1 Å². The van der Waals surface area contributed by atoms with Gasteiger partial charge < -0.3 is 14.4 Å². The van der Waals surface area contributed by atoms with Crippen LogP contribution in [0.3, 0.4) is 0 Å². The van der Waals surface area contributed by atoms with Crippen molar-refractivity contribution in [2.45, 2.75) is 88.9 Å². The molecule has 0 unspecified atom stereocenters. The van der Waals surface area contributed by atoms with E-state index < -0.39 is 5.97 Å². The van der Waals surface area contributed by atoms with E-state index in [-0.39, 0.29) is 5.56 Å². The van der Waals surface area contributed by atoms with Gasteiger partial charge in [0, 0.05) is 26.9 Å². The highest BCUT2D eigenvalue weighted by atomic mass is 32.2. The summed E-state index contributed by atoms with van der Waals surface area (Å²) in [5.41, 5.74) is 2.75. The minimum atomic E-state index is -1.18. The summed E-state index contributed by atoms with van der Waals surface area (Å²) < 4.78 is 1.42. The fourth-order valence-electron chi connectivity index (χ4n) is 5.35. The Balaban J connectivity index is 0.000000271. The van der Waals surface area contributed by atoms with E-state index in [0.717, 1.165) is 27.2 Å². The number of unbranched alkanes of at least 4 members (excludes halogenated alkanes) is 4. The topological polar surface area (TPSA) is 81.7 Å². The molecule has 0 aliphatic heterocycles. The molecule has 0 spiro atoms. The molecule has 6 nitrogen and oxygen atoms in total. The minimum absolute atomic E-state index is 0.186. The summed E-state index contributed by atoms with van der Waals surface area (Å²) in [7, 11) is 0. The van der Waals surface area contributed by atoms with Crippen molar-refractivity contribution in [3.63, 3.8) is 0 Å². The number of carbonyl (C=O) groups is 1. The van der Waals surface area contributed by atoms with Crippen LogP contribution in [-0.2, 0) is 0 Å². The second kappa shape index (κ2) is 19.1. The minimum Gasteiger partial charge on any atom is -0.545 e. The number of aromatic carboxylic acids is 1. The van der Waals surface area contributed by atoms with Crippen LogP contribution in [0.2, 0.25) is 0 Å². The Morgan fingerprint density at radius 2 is 1.43 bits per heavy atom. The lowest BCUT2D eigenvalue weighted by Gasteiger charge is -2.39. The first kappa shape index (κ1) is 35.1. The normalized spacial score (nSPS) is 11.5. The third kappa shape index (κ3) is 10.9. The van der Waals surface area contributed by atoms with Gasteiger partial charge >= 0.3 is 0 Å². The van der Waals surface area contributed by atoms with Crippen LogP contribution in [0.5, 0.6) is 0 Å². The smallest absolute Gasteiger partial charge is 0.0928 e. The molecule has 4 rings (SSSR count). The van der Waals surface area contributed by atoms with Crippen LogP contribution in [0, 0.1) is 0 Å². The summed E-state index contributed by atoms with van der Waals surface area (Å²) in [5.74, 6) is -1.18. The molecule has 0 atom stereocenters. The van der Waals surface area contributed by atoms with Crippen molar-refractivity contribution in [3.8, 4) is 0 Å². The van der Waals surface area contributed by atoms with Crippen molar-refractivity contribution < 1.29 is 14.4 Å². The molecule has 2 aromatic heterocycles. The summed E-state index contributed by atoms with van der Waals surface area (Å²) in [6, 6.07) is 18.4. The lowest BCUT2D eigenvalue weighted by molar-refractivity contribution is -0.929. The number of H-pyrrole nitrogens is 1. The highest BCUT2D eigenvalue weighted by Gasteiger charge is 2.24. The molecule has 236 valence electrons.